The van der Waals surface area contributed by atoms with E-state index < -0.39 is 0 Å². The Morgan fingerprint density at radius 2 is 2.00 bits per heavy atom. The van der Waals surface area contributed by atoms with Gasteiger partial charge in [0.15, 0.2) is 0 Å². The number of likely N-dealkylation sites (tertiary alicyclic amines) is 1. The van der Waals surface area contributed by atoms with Crippen LogP contribution in [0.25, 0.3) is 0 Å². The highest BCUT2D eigenvalue weighted by molar-refractivity contribution is 4.92. The Hall–Kier alpha value is -0.0400. The first kappa shape index (κ1) is 12.4. The largest absolute Gasteiger partial charge is 0.297 e. The molecule has 0 amide bonds. The number of hydrogen-bond acceptors (Lipinski definition) is 1. The van der Waals surface area contributed by atoms with Gasteiger partial charge >= 0.3 is 0 Å². The second-order valence-corrected chi connectivity index (χ2v) is 7.01. The van der Waals surface area contributed by atoms with E-state index in [9.17, 15) is 0 Å². The monoisotopic (exact) mass is 223 g/mol. The first-order valence-corrected chi connectivity index (χ1v) is 7.27. The zero-order valence-electron chi connectivity index (χ0n) is 11.6. The van der Waals surface area contributed by atoms with Crippen molar-refractivity contribution in [2.45, 2.75) is 78.3 Å². The maximum Gasteiger partial charge on any atom is 0.0106 e. The van der Waals surface area contributed by atoms with Gasteiger partial charge in [-0.2, -0.15) is 0 Å². The molecule has 2 aliphatic rings. The minimum Gasteiger partial charge on any atom is -0.297 e. The van der Waals surface area contributed by atoms with E-state index in [4.69, 9.17) is 0 Å². The fraction of sp³-hybridized carbons (Fsp3) is 1.00. The summed E-state index contributed by atoms with van der Waals surface area (Å²) in [6.07, 6.45) is 8.53. The lowest BCUT2D eigenvalue weighted by atomic mass is 9.70. The minimum absolute atomic E-state index is 0.573. The van der Waals surface area contributed by atoms with E-state index in [2.05, 4.69) is 32.6 Å². The van der Waals surface area contributed by atoms with E-state index in [1.165, 1.54) is 45.1 Å². The average molecular weight is 223 g/mol. The van der Waals surface area contributed by atoms with E-state index in [1.54, 1.807) is 0 Å². The maximum absolute atomic E-state index is 2.84. The molecule has 1 aliphatic carbocycles. The molecule has 1 heteroatoms. The van der Waals surface area contributed by atoms with Crippen molar-refractivity contribution < 1.29 is 0 Å². The van der Waals surface area contributed by atoms with Gasteiger partial charge in [-0.3, -0.25) is 4.90 Å². The van der Waals surface area contributed by atoms with Gasteiger partial charge in [-0.1, -0.05) is 27.7 Å². The van der Waals surface area contributed by atoms with Gasteiger partial charge < -0.3 is 0 Å². The highest BCUT2D eigenvalue weighted by Crippen LogP contribution is 2.42. The summed E-state index contributed by atoms with van der Waals surface area (Å²) in [6.45, 7) is 11.1. The van der Waals surface area contributed by atoms with Crippen LogP contribution in [0.3, 0.4) is 0 Å². The molecule has 94 valence electrons. The Kier molecular flexibility index (Phi) is 3.63. The molecule has 1 nitrogen and oxygen atoms in total. The summed E-state index contributed by atoms with van der Waals surface area (Å²) in [5.41, 5.74) is 0.573. The van der Waals surface area contributed by atoms with Crippen molar-refractivity contribution in [1.29, 1.82) is 0 Å². The van der Waals surface area contributed by atoms with Gasteiger partial charge in [0.05, 0.1) is 0 Å². The Morgan fingerprint density at radius 1 is 1.25 bits per heavy atom. The van der Waals surface area contributed by atoms with Gasteiger partial charge in [-0.25, -0.2) is 0 Å². The van der Waals surface area contributed by atoms with Crippen LogP contribution in [0.4, 0.5) is 0 Å². The number of nitrogens with zero attached hydrogens (tertiary/aromatic N) is 1. The fourth-order valence-corrected chi connectivity index (χ4v) is 4.33. The molecule has 0 aromatic heterocycles. The van der Waals surface area contributed by atoms with Crippen LogP contribution in [-0.4, -0.2) is 23.5 Å². The number of rotatable bonds is 2. The van der Waals surface area contributed by atoms with Crippen LogP contribution in [-0.2, 0) is 0 Å². The highest BCUT2D eigenvalue weighted by Gasteiger charge is 2.38. The first-order chi connectivity index (χ1) is 7.52. The molecule has 1 aliphatic heterocycles. The molecule has 1 saturated heterocycles. The molecule has 2 rings (SSSR count). The van der Waals surface area contributed by atoms with Crippen molar-refractivity contribution in [3.63, 3.8) is 0 Å². The van der Waals surface area contributed by atoms with Crippen LogP contribution in [0.2, 0.25) is 0 Å². The lowest BCUT2D eigenvalue weighted by Crippen LogP contribution is -2.45. The molecule has 0 aromatic carbocycles. The molecule has 0 N–H and O–H groups in total. The van der Waals surface area contributed by atoms with Gasteiger partial charge in [-0.15, -0.1) is 0 Å². The van der Waals surface area contributed by atoms with E-state index in [1.807, 2.05) is 0 Å². The Labute approximate surface area is 102 Å². The lowest BCUT2D eigenvalue weighted by molar-refractivity contribution is 0.0581. The fourth-order valence-electron chi connectivity index (χ4n) is 4.33. The molecule has 1 heterocycles. The summed E-state index contributed by atoms with van der Waals surface area (Å²) in [4.78, 5) is 2.84. The Bertz CT molecular complexity index is 234. The summed E-state index contributed by atoms with van der Waals surface area (Å²) >= 11 is 0. The average Bonchev–Trinajstić information content (AvgIpc) is 2.61. The molecule has 3 unspecified atom stereocenters. The highest BCUT2D eigenvalue weighted by atomic mass is 15.2. The quantitative estimate of drug-likeness (QED) is 0.682. The molecule has 16 heavy (non-hydrogen) atoms. The SMILES string of the molecule is CCC1CCCN1C1CC(C)CC(C)(C)C1. The van der Waals surface area contributed by atoms with Crippen molar-refractivity contribution in [3.05, 3.63) is 0 Å². The molecule has 0 spiro atoms. The third-order valence-electron chi connectivity index (χ3n) is 4.73. The van der Waals surface area contributed by atoms with Crippen LogP contribution >= 0.6 is 0 Å². The second kappa shape index (κ2) is 4.68. The molecular weight excluding hydrogens is 194 g/mol. The van der Waals surface area contributed by atoms with E-state index in [-0.39, 0.29) is 0 Å². The Balaban J connectivity index is 2.03. The van der Waals surface area contributed by atoms with Gasteiger partial charge in [0.2, 0.25) is 0 Å². The van der Waals surface area contributed by atoms with Crippen LogP contribution in [0.1, 0.15) is 66.2 Å². The molecule has 3 atom stereocenters. The van der Waals surface area contributed by atoms with Crippen LogP contribution in [0.15, 0.2) is 0 Å². The van der Waals surface area contributed by atoms with Gasteiger partial charge in [0.1, 0.15) is 0 Å². The number of hydrogen-bond donors (Lipinski definition) is 0. The maximum atomic E-state index is 2.84. The van der Waals surface area contributed by atoms with Crippen molar-refractivity contribution >= 4 is 0 Å². The summed E-state index contributed by atoms with van der Waals surface area (Å²) in [7, 11) is 0. The predicted octanol–water partition coefficient (Wildman–Crippen LogP) is 4.08. The van der Waals surface area contributed by atoms with Crippen LogP contribution in [0, 0.1) is 11.3 Å². The van der Waals surface area contributed by atoms with Crippen molar-refractivity contribution in [2.24, 2.45) is 11.3 Å². The summed E-state index contributed by atoms with van der Waals surface area (Å²) in [5, 5.41) is 0. The molecular formula is C15H29N. The zero-order chi connectivity index (χ0) is 11.8. The molecule has 0 bridgehead atoms. The Morgan fingerprint density at radius 3 is 2.62 bits per heavy atom. The molecule has 0 aromatic rings. The summed E-state index contributed by atoms with van der Waals surface area (Å²) < 4.78 is 0. The first-order valence-electron chi connectivity index (χ1n) is 7.27. The molecule has 1 saturated carbocycles. The van der Waals surface area contributed by atoms with E-state index in [0.717, 1.165) is 18.0 Å². The summed E-state index contributed by atoms with van der Waals surface area (Å²) in [6, 6.07) is 1.78. The standard InChI is InChI=1S/C15H29N/c1-5-13-7-6-8-16(13)14-9-12(2)10-15(3,4)11-14/h12-14H,5-11H2,1-4H3. The van der Waals surface area contributed by atoms with Crippen LogP contribution in [0.5, 0.6) is 0 Å². The topological polar surface area (TPSA) is 3.24 Å². The van der Waals surface area contributed by atoms with E-state index in [0.29, 0.717) is 5.41 Å². The molecule has 2 fully saturated rings. The third-order valence-corrected chi connectivity index (χ3v) is 4.73. The van der Waals surface area contributed by atoms with Crippen molar-refractivity contribution in [3.8, 4) is 0 Å². The zero-order valence-corrected chi connectivity index (χ0v) is 11.6. The smallest absolute Gasteiger partial charge is 0.0106 e. The summed E-state index contributed by atoms with van der Waals surface area (Å²) in [5.74, 6) is 0.923. The van der Waals surface area contributed by atoms with Crippen molar-refractivity contribution in [1.82, 2.24) is 4.90 Å². The minimum atomic E-state index is 0.573. The van der Waals surface area contributed by atoms with Crippen LogP contribution < -0.4 is 0 Å². The molecule has 0 radical (unpaired) electrons. The van der Waals surface area contributed by atoms with E-state index >= 15 is 0 Å². The van der Waals surface area contributed by atoms with Gasteiger partial charge in [-0.05, 0) is 56.4 Å². The van der Waals surface area contributed by atoms with Crippen molar-refractivity contribution in [2.75, 3.05) is 6.54 Å². The van der Waals surface area contributed by atoms with Gasteiger partial charge in [0.25, 0.3) is 0 Å². The van der Waals surface area contributed by atoms with Gasteiger partial charge in [0, 0.05) is 12.1 Å². The lowest BCUT2D eigenvalue weighted by Gasteiger charge is -2.44. The normalized spacial score (nSPS) is 40.1. The second-order valence-electron chi connectivity index (χ2n) is 7.01. The predicted molar refractivity (Wildman–Crippen MR) is 70.6 cm³/mol. The third kappa shape index (κ3) is 2.61.